The minimum absolute atomic E-state index is 0.0308. The molecule has 2 aromatic rings. The van der Waals surface area contributed by atoms with Gasteiger partial charge in [0.25, 0.3) is 5.91 Å². The van der Waals surface area contributed by atoms with Crippen molar-refractivity contribution in [3.63, 3.8) is 0 Å². The van der Waals surface area contributed by atoms with E-state index < -0.39 is 0 Å². The number of likely N-dealkylation sites (tertiary alicyclic amines) is 1. The van der Waals surface area contributed by atoms with Crippen molar-refractivity contribution in [1.82, 2.24) is 9.88 Å². The lowest BCUT2D eigenvalue weighted by Gasteiger charge is -2.31. The van der Waals surface area contributed by atoms with Crippen LogP contribution in [0.2, 0.25) is 5.02 Å². The molecule has 7 heteroatoms. The fourth-order valence-corrected chi connectivity index (χ4v) is 3.56. The molecule has 2 amide bonds. The lowest BCUT2D eigenvalue weighted by Crippen LogP contribution is -2.41. The molecule has 3 rings (SSSR count). The first-order chi connectivity index (χ1) is 12.0. The Bertz CT molecular complexity index is 774. The quantitative estimate of drug-likeness (QED) is 0.695. The summed E-state index contributed by atoms with van der Waals surface area (Å²) >= 11 is 7.96. The van der Waals surface area contributed by atoms with Gasteiger partial charge in [0.05, 0.1) is 10.6 Å². The van der Waals surface area contributed by atoms with Gasteiger partial charge in [-0.1, -0.05) is 23.7 Å². The average molecular weight is 470 g/mol. The summed E-state index contributed by atoms with van der Waals surface area (Å²) in [6.07, 6.45) is 2.79. The van der Waals surface area contributed by atoms with E-state index in [9.17, 15) is 9.59 Å². The summed E-state index contributed by atoms with van der Waals surface area (Å²) in [5, 5.41) is 3.34. The number of anilines is 1. The number of benzene rings is 1. The molecule has 0 bridgehead atoms. The zero-order valence-corrected chi connectivity index (χ0v) is 16.3. The van der Waals surface area contributed by atoms with Crippen LogP contribution >= 0.6 is 34.2 Å². The van der Waals surface area contributed by atoms with Gasteiger partial charge in [-0.15, -0.1) is 0 Å². The summed E-state index contributed by atoms with van der Waals surface area (Å²) < 4.78 is 0.943. The molecule has 0 saturated carbocycles. The second kappa shape index (κ2) is 8.14. The average Bonchev–Trinajstić information content (AvgIpc) is 2.63. The summed E-state index contributed by atoms with van der Waals surface area (Å²) in [5.41, 5.74) is 0.719. The van der Waals surface area contributed by atoms with E-state index in [4.69, 9.17) is 11.6 Å². The van der Waals surface area contributed by atoms with Gasteiger partial charge in [0.15, 0.2) is 0 Å². The zero-order chi connectivity index (χ0) is 17.8. The van der Waals surface area contributed by atoms with E-state index in [0.29, 0.717) is 36.8 Å². The van der Waals surface area contributed by atoms with Gasteiger partial charge >= 0.3 is 0 Å². The van der Waals surface area contributed by atoms with Crippen molar-refractivity contribution in [2.24, 2.45) is 5.92 Å². The molecule has 1 aliphatic heterocycles. The van der Waals surface area contributed by atoms with Crippen LogP contribution in [0.4, 0.5) is 5.82 Å². The summed E-state index contributed by atoms with van der Waals surface area (Å²) in [4.78, 5) is 30.9. The molecule has 0 spiro atoms. The number of pyridine rings is 1. The third-order valence-corrected chi connectivity index (χ3v) is 5.40. The Balaban J connectivity index is 1.56. The normalized spacial score (nSPS) is 15.0. The molecule has 1 fully saturated rings. The smallest absolute Gasteiger partial charge is 0.254 e. The first-order valence-corrected chi connectivity index (χ1v) is 9.46. The number of rotatable bonds is 3. The van der Waals surface area contributed by atoms with Crippen LogP contribution in [0.25, 0.3) is 0 Å². The van der Waals surface area contributed by atoms with Gasteiger partial charge in [0, 0.05) is 28.8 Å². The van der Waals surface area contributed by atoms with Gasteiger partial charge in [-0.2, -0.15) is 0 Å². The van der Waals surface area contributed by atoms with Crippen LogP contribution in [0.1, 0.15) is 23.2 Å². The summed E-state index contributed by atoms with van der Waals surface area (Å²) in [6.45, 7) is 1.16. The van der Waals surface area contributed by atoms with Gasteiger partial charge in [-0.3, -0.25) is 9.59 Å². The second-order valence-electron chi connectivity index (χ2n) is 5.90. The lowest BCUT2D eigenvalue weighted by molar-refractivity contribution is -0.121. The highest BCUT2D eigenvalue weighted by Gasteiger charge is 2.28. The van der Waals surface area contributed by atoms with Gasteiger partial charge < -0.3 is 10.2 Å². The molecular formula is C18H17ClIN3O2. The van der Waals surface area contributed by atoms with E-state index in [1.807, 2.05) is 29.2 Å². The molecule has 0 aliphatic carbocycles. The van der Waals surface area contributed by atoms with Crippen molar-refractivity contribution < 1.29 is 9.59 Å². The Kier molecular flexibility index (Phi) is 5.90. The Labute approximate surface area is 164 Å². The zero-order valence-electron chi connectivity index (χ0n) is 13.4. The number of amides is 2. The molecule has 0 atom stereocenters. The molecule has 130 valence electrons. The molecule has 2 heterocycles. The molecule has 1 aliphatic rings. The van der Waals surface area contributed by atoms with Crippen LogP contribution < -0.4 is 5.32 Å². The van der Waals surface area contributed by atoms with Crippen LogP contribution in [0.3, 0.4) is 0 Å². The molecule has 0 unspecified atom stereocenters. The van der Waals surface area contributed by atoms with Crippen molar-refractivity contribution in [3.05, 3.63) is 56.8 Å². The van der Waals surface area contributed by atoms with Crippen molar-refractivity contribution in [3.8, 4) is 0 Å². The van der Waals surface area contributed by atoms with Gasteiger partial charge in [-0.25, -0.2) is 4.98 Å². The number of halogens is 2. The van der Waals surface area contributed by atoms with E-state index in [1.165, 1.54) is 6.20 Å². The number of hydrogen-bond acceptors (Lipinski definition) is 3. The first kappa shape index (κ1) is 18.1. The third-order valence-electron chi connectivity index (χ3n) is 4.24. The highest BCUT2D eigenvalue weighted by molar-refractivity contribution is 14.1. The van der Waals surface area contributed by atoms with E-state index in [2.05, 4.69) is 32.9 Å². The minimum atomic E-state index is -0.114. The molecule has 5 nitrogen and oxygen atoms in total. The Morgan fingerprint density at radius 3 is 2.52 bits per heavy atom. The van der Waals surface area contributed by atoms with Crippen molar-refractivity contribution in [1.29, 1.82) is 0 Å². The topological polar surface area (TPSA) is 62.3 Å². The van der Waals surface area contributed by atoms with Crippen LogP contribution in [-0.4, -0.2) is 34.8 Å². The summed E-state index contributed by atoms with van der Waals surface area (Å²) in [5.74, 6) is 0.350. The van der Waals surface area contributed by atoms with E-state index in [0.717, 1.165) is 9.13 Å². The predicted octanol–water partition coefficient (Wildman–Crippen LogP) is 3.83. The number of carbonyl (C=O) groups excluding carboxylic acids is 2. The fraction of sp³-hybridized carbons (Fsp3) is 0.278. The van der Waals surface area contributed by atoms with Crippen LogP contribution in [-0.2, 0) is 4.79 Å². The second-order valence-corrected chi connectivity index (χ2v) is 7.50. The third kappa shape index (κ3) is 4.49. The molecule has 0 radical (unpaired) electrons. The maximum atomic E-state index is 12.6. The largest absolute Gasteiger partial charge is 0.339 e. The molecular weight excluding hydrogens is 453 g/mol. The van der Waals surface area contributed by atoms with Crippen molar-refractivity contribution in [2.45, 2.75) is 12.8 Å². The molecule has 25 heavy (non-hydrogen) atoms. The molecule has 1 aromatic carbocycles. The van der Waals surface area contributed by atoms with E-state index >= 15 is 0 Å². The number of nitrogens with one attached hydrogen (secondary N) is 1. The lowest BCUT2D eigenvalue weighted by atomic mass is 9.95. The van der Waals surface area contributed by atoms with Crippen LogP contribution in [0.5, 0.6) is 0 Å². The highest BCUT2D eigenvalue weighted by atomic mass is 127. The standard InChI is InChI=1S/C18H17ClIN3O2/c19-13-5-6-16(21-11-13)22-17(24)12-7-9-23(10-8-12)18(25)14-3-1-2-4-15(14)20/h1-6,11-12H,7-10H2,(H,21,22,24). The van der Waals surface area contributed by atoms with Gasteiger partial charge in [0.2, 0.25) is 5.91 Å². The maximum Gasteiger partial charge on any atom is 0.254 e. The molecule has 1 N–H and O–H groups in total. The number of piperidine rings is 1. The Hall–Kier alpha value is -1.67. The summed E-state index contributed by atoms with van der Waals surface area (Å²) in [7, 11) is 0. The van der Waals surface area contributed by atoms with Crippen molar-refractivity contribution >= 4 is 51.8 Å². The molecule has 1 aromatic heterocycles. The Morgan fingerprint density at radius 2 is 1.88 bits per heavy atom. The minimum Gasteiger partial charge on any atom is -0.339 e. The van der Waals surface area contributed by atoms with E-state index in [1.54, 1.807) is 12.1 Å². The van der Waals surface area contributed by atoms with Gasteiger partial charge in [0.1, 0.15) is 5.82 Å². The predicted molar refractivity (Wildman–Crippen MR) is 106 cm³/mol. The maximum absolute atomic E-state index is 12.6. The first-order valence-electron chi connectivity index (χ1n) is 8.01. The highest BCUT2D eigenvalue weighted by Crippen LogP contribution is 2.22. The SMILES string of the molecule is O=C(Nc1ccc(Cl)cn1)C1CCN(C(=O)c2ccccc2I)CC1. The van der Waals surface area contributed by atoms with Crippen molar-refractivity contribution in [2.75, 3.05) is 18.4 Å². The monoisotopic (exact) mass is 469 g/mol. The number of aromatic nitrogens is 1. The number of carbonyl (C=O) groups is 2. The molecule has 1 saturated heterocycles. The summed E-state index contributed by atoms with van der Waals surface area (Å²) in [6, 6.07) is 10.9. The van der Waals surface area contributed by atoms with Gasteiger partial charge in [-0.05, 0) is 59.7 Å². The number of hydrogen-bond donors (Lipinski definition) is 1. The fourth-order valence-electron chi connectivity index (χ4n) is 2.83. The van der Waals surface area contributed by atoms with Crippen LogP contribution in [0, 0.1) is 9.49 Å². The Morgan fingerprint density at radius 1 is 1.16 bits per heavy atom. The van der Waals surface area contributed by atoms with Crippen LogP contribution in [0.15, 0.2) is 42.6 Å². The van der Waals surface area contributed by atoms with E-state index in [-0.39, 0.29) is 17.7 Å². The number of nitrogens with zero attached hydrogens (tertiary/aromatic N) is 2.